The van der Waals surface area contributed by atoms with E-state index in [0.717, 1.165) is 17.4 Å². The molecule has 0 spiro atoms. The number of amides is 1. The highest BCUT2D eigenvalue weighted by Crippen LogP contribution is 2.09. The van der Waals surface area contributed by atoms with Crippen molar-refractivity contribution in [1.29, 1.82) is 0 Å². The Morgan fingerprint density at radius 2 is 2.05 bits per heavy atom. The van der Waals surface area contributed by atoms with E-state index < -0.39 is 9.84 Å². The summed E-state index contributed by atoms with van der Waals surface area (Å²) in [7, 11) is -3.53. The van der Waals surface area contributed by atoms with E-state index in [-0.39, 0.29) is 22.9 Å². The van der Waals surface area contributed by atoms with Gasteiger partial charge in [0.25, 0.3) is 5.16 Å². The molecule has 8 heteroatoms. The number of carbonyl (C=O) groups is 1. The first-order valence-electron chi connectivity index (χ1n) is 6.75. The Kier molecular flexibility index (Phi) is 5.67. The van der Waals surface area contributed by atoms with Crippen LogP contribution in [0.4, 0.5) is 4.79 Å². The summed E-state index contributed by atoms with van der Waals surface area (Å²) in [5.41, 5.74) is 0. The second-order valence-corrected chi connectivity index (χ2v) is 6.94. The number of sulfone groups is 1. The van der Waals surface area contributed by atoms with Crippen LogP contribution in [0.15, 0.2) is 11.5 Å². The monoisotopic (exact) mass is 302 g/mol. The Morgan fingerprint density at radius 3 is 2.55 bits per heavy atom. The maximum atomic E-state index is 12.1. The number of aromatic nitrogens is 3. The lowest BCUT2D eigenvalue weighted by atomic mass is 10.3. The molecule has 1 aromatic rings. The Hall–Kier alpha value is -1.44. The maximum absolute atomic E-state index is 12.1. The fourth-order valence-corrected chi connectivity index (χ4v) is 3.25. The highest BCUT2D eigenvalue weighted by Gasteiger charge is 2.23. The number of hydrogen-bond acceptors (Lipinski definition) is 5. The predicted molar refractivity (Wildman–Crippen MR) is 75.2 cm³/mol. The summed E-state index contributed by atoms with van der Waals surface area (Å²) >= 11 is 0. The SMILES string of the molecule is CCCN(CC)C(=O)n1cnc(S(=O)(=O)CC(C)C)n1. The third-order valence-corrected chi connectivity index (χ3v) is 4.49. The van der Waals surface area contributed by atoms with Crippen LogP contribution < -0.4 is 0 Å². The molecular formula is C12H22N4O3S. The summed E-state index contributed by atoms with van der Waals surface area (Å²) in [5, 5.41) is 3.53. The van der Waals surface area contributed by atoms with E-state index in [1.807, 2.05) is 13.8 Å². The van der Waals surface area contributed by atoms with Crippen LogP contribution in [0.1, 0.15) is 34.1 Å². The van der Waals surface area contributed by atoms with Crippen molar-refractivity contribution in [2.24, 2.45) is 5.92 Å². The van der Waals surface area contributed by atoms with Crippen molar-refractivity contribution in [3.8, 4) is 0 Å². The standard InChI is InChI=1S/C12H22N4O3S/c1-5-7-15(6-2)12(17)16-9-13-11(14-16)20(18,19)8-10(3)4/h9-10H,5-8H2,1-4H3. The van der Waals surface area contributed by atoms with Gasteiger partial charge in [0.15, 0.2) is 0 Å². The first kappa shape index (κ1) is 16.6. The van der Waals surface area contributed by atoms with E-state index in [4.69, 9.17) is 0 Å². The molecule has 0 aliphatic heterocycles. The first-order valence-corrected chi connectivity index (χ1v) is 8.40. The summed E-state index contributed by atoms with van der Waals surface area (Å²) in [6.07, 6.45) is 1.99. The van der Waals surface area contributed by atoms with Crippen LogP contribution in [0.3, 0.4) is 0 Å². The molecule has 0 bridgehead atoms. The van der Waals surface area contributed by atoms with Gasteiger partial charge in [-0.05, 0) is 19.3 Å². The average molecular weight is 302 g/mol. The van der Waals surface area contributed by atoms with E-state index >= 15 is 0 Å². The van der Waals surface area contributed by atoms with E-state index in [9.17, 15) is 13.2 Å². The summed E-state index contributed by atoms with van der Waals surface area (Å²) in [4.78, 5) is 17.5. The molecule has 0 radical (unpaired) electrons. The number of hydrogen-bond donors (Lipinski definition) is 0. The number of rotatable bonds is 6. The predicted octanol–water partition coefficient (Wildman–Crippen LogP) is 1.41. The zero-order chi connectivity index (χ0) is 15.3. The normalized spacial score (nSPS) is 11.8. The van der Waals surface area contributed by atoms with Crippen LogP contribution in [-0.4, -0.2) is 53.0 Å². The molecule has 0 saturated carbocycles. The molecule has 114 valence electrons. The Morgan fingerprint density at radius 1 is 1.40 bits per heavy atom. The van der Waals surface area contributed by atoms with Gasteiger partial charge in [0.1, 0.15) is 6.33 Å². The minimum absolute atomic E-state index is 0.0186. The summed E-state index contributed by atoms with van der Waals surface area (Å²) < 4.78 is 25.0. The fourth-order valence-electron chi connectivity index (χ4n) is 1.80. The quantitative estimate of drug-likeness (QED) is 0.793. The highest BCUT2D eigenvalue weighted by molar-refractivity contribution is 7.91. The molecule has 0 fully saturated rings. The molecule has 1 rings (SSSR count). The Labute approximate surface area is 119 Å². The minimum Gasteiger partial charge on any atom is -0.323 e. The summed E-state index contributed by atoms with van der Waals surface area (Å²) in [6.45, 7) is 8.58. The molecule has 1 aromatic heterocycles. The molecule has 0 aliphatic carbocycles. The Bertz CT molecular complexity index is 551. The summed E-state index contributed by atoms with van der Waals surface area (Å²) in [6, 6.07) is -0.354. The smallest absolute Gasteiger partial charge is 0.323 e. The van der Waals surface area contributed by atoms with Crippen molar-refractivity contribution < 1.29 is 13.2 Å². The van der Waals surface area contributed by atoms with E-state index in [1.165, 1.54) is 0 Å². The molecule has 7 nitrogen and oxygen atoms in total. The lowest BCUT2D eigenvalue weighted by Gasteiger charge is -2.18. The molecule has 0 unspecified atom stereocenters. The third kappa shape index (κ3) is 4.03. The molecule has 0 N–H and O–H groups in total. The number of carbonyl (C=O) groups excluding carboxylic acids is 1. The Balaban J connectivity index is 2.94. The van der Waals surface area contributed by atoms with Crippen LogP contribution in [-0.2, 0) is 9.84 Å². The molecule has 0 saturated heterocycles. The molecule has 1 amide bonds. The maximum Gasteiger partial charge on any atom is 0.346 e. The molecule has 0 atom stereocenters. The zero-order valence-corrected chi connectivity index (χ0v) is 13.2. The van der Waals surface area contributed by atoms with Gasteiger partial charge in [0.05, 0.1) is 5.75 Å². The molecule has 20 heavy (non-hydrogen) atoms. The van der Waals surface area contributed by atoms with Gasteiger partial charge in [0, 0.05) is 13.1 Å². The molecule has 1 heterocycles. The minimum atomic E-state index is -3.53. The lowest BCUT2D eigenvalue weighted by molar-refractivity contribution is 0.198. The van der Waals surface area contributed by atoms with E-state index in [0.29, 0.717) is 13.1 Å². The van der Waals surface area contributed by atoms with Gasteiger partial charge in [-0.25, -0.2) is 18.2 Å². The third-order valence-electron chi connectivity index (χ3n) is 2.64. The van der Waals surface area contributed by atoms with Crippen molar-refractivity contribution >= 4 is 15.9 Å². The second kappa shape index (κ2) is 6.83. The van der Waals surface area contributed by atoms with Crippen LogP contribution in [0.2, 0.25) is 0 Å². The van der Waals surface area contributed by atoms with Gasteiger partial charge in [-0.3, -0.25) is 0 Å². The molecular weight excluding hydrogens is 280 g/mol. The van der Waals surface area contributed by atoms with Crippen LogP contribution in [0.5, 0.6) is 0 Å². The van der Waals surface area contributed by atoms with Gasteiger partial charge >= 0.3 is 6.03 Å². The van der Waals surface area contributed by atoms with Gasteiger partial charge in [-0.2, -0.15) is 4.68 Å². The van der Waals surface area contributed by atoms with Crippen molar-refractivity contribution in [2.75, 3.05) is 18.8 Å². The summed E-state index contributed by atoms with van der Waals surface area (Å²) in [5.74, 6) is -0.0487. The van der Waals surface area contributed by atoms with Crippen molar-refractivity contribution in [3.63, 3.8) is 0 Å². The highest BCUT2D eigenvalue weighted by atomic mass is 32.2. The molecule has 0 aliphatic rings. The first-order chi connectivity index (χ1) is 9.31. The molecule has 0 aromatic carbocycles. The number of nitrogens with zero attached hydrogens (tertiary/aromatic N) is 4. The van der Waals surface area contributed by atoms with E-state index in [2.05, 4.69) is 10.1 Å². The lowest BCUT2D eigenvalue weighted by Crippen LogP contribution is -2.35. The topological polar surface area (TPSA) is 85.2 Å². The average Bonchev–Trinajstić information content (AvgIpc) is 2.83. The van der Waals surface area contributed by atoms with Crippen LogP contribution in [0.25, 0.3) is 0 Å². The van der Waals surface area contributed by atoms with Crippen molar-refractivity contribution in [1.82, 2.24) is 19.7 Å². The van der Waals surface area contributed by atoms with Crippen molar-refractivity contribution in [2.45, 2.75) is 39.3 Å². The van der Waals surface area contributed by atoms with Gasteiger partial charge in [-0.1, -0.05) is 20.8 Å². The van der Waals surface area contributed by atoms with Gasteiger partial charge in [-0.15, -0.1) is 5.10 Å². The van der Waals surface area contributed by atoms with Crippen molar-refractivity contribution in [3.05, 3.63) is 6.33 Å². The van der Waals surface area contributed by atoms with Gasteiger partial charge in [0.2, 0.25) is 9.84 Å². The second-order valence-electron chi connectivity index (χ2n) is 5.01. The van der Waals surface area contributed by atoms with Crippen LogP contribution >= 0.6 is 0 Å². The van der Waals surface area contributed by atoms with Crippen LogP contribution in [0, 0.1) is 5.92 Å². The van der Waals surface area contributed by atoms with Gasteiger partial charge < -0.3 is 4.90 Å². The largest absolute Gasteiger partial charge is 0.346 e. The zero-order valence-electron chi connectivity index (χ0n) is 12.4. The van der Waals surface area contributed by atoms with E-state index in [1.54, 1.807) is 18.7 Å². The fraction of sp³-hybridized carbons (Fsp3) is 0.750.